The van der Waals surface area contributed by atoms with Crippen molar-refractivity contribution >= 4 is 39.1 Å². The van der Waals surface area contributed by atoms with Crippen LogP contribution < -0.4 is 20.5 Å². The van der Waals surface area contributed by atoms with Gasteiger partial charge < -0.3 is 30.3 Å². The summed E-state index contributed by atoms with van der Waals surface area (Å²) in [6.07, 6.45) is 2.03. The summed E-state index contributed by atoms with van der Waals surface area (Å²) in [5.41, 5.74) is 7.78. The Kier molecular flexibility index (Phi) is 6.69. The molecule has 1 fully saturated rings. The summed E-state index contributed by atoms with van der Waals surface area (Å²) in [4.78, 5) is 30.8. The maximum absolute atomic E-state index is 12.7. The predicted octanol–water partition coefficient (Wildman–Crippen LogP) is 3.01. The maximum atomic E-state index is 12.7. The normalized spacial score (nSPS) is 15.1. The molecule has 35 heavy (non-hydrogen) atoms. The van der Waals surface area contributed by atoms with Gasteiger partial charge in [0.15, 0.2) is 11.5 Å². The quantitative estimate of drug-likeness (QED) is 0.249. The summed E-state index contributed by atoms with van der Waals surface area (Å²) in [5.74, 6) is 1.26. The number of likely N-dealkylation sites (N-methyl/N-ethyl adjacent to an activating group) is 1. The van der Waals surface area contributed by atoms with Gasteiger partial charge in [-0.2, -0.15) is 0 Å². The highest BCUT2D eigenvalue weighted by molar-refractivity contribution is 7.20. The van der Waals surface area contributed by atoms with Crippen molar-refractivity contribution in [2.75, 3.05) is 38.8 Å². The first-order chi connectivity index (χ1) is 17.1. The smallest absolute Gasteiger partial charge is 0.261 e. The van der Waals surface area contributed by atoms with Crippen molar-refractivity contribution in [2.24, 2.45) is 5.16 Å². The number of fused-ring (bicyclic) bond motifs is 2. The van der Waals surface area contributed by atoms with Gasteiger partial charge in [-0.1, -0.05) is 19.0 Å². The molecule has 1 aliphatic carbocycles. The van der Waals surface area contributed by atoms with Crippen LogP contribution in [-0.2, 0) is 4.84 Å². The second-order valence-corrected chi connectivity index (χ2v) is 9.41. The maximum Gasteiger partial charge on any atom is 0.261 e. The number of aromatic nitrogens is 2. The second kappa shape index (κ2) is 10.0. The van der Waals surface area contributed by atoms with Gasteiger partial charge in [0.05, 0.1) is 4.88 Å². The standard InChI is InChI=1S/C24H28N6O4S/c1-3-30(4-2)9-10-34-29-20(14-5-8-17-18(11-14)33-13-32-17)21-16-12-19(22(31)26-15-6-7-15)35-23(16)28-24(25)27-21/h5,8,11-12,15H,3-4,6-7,9-10,13H2,1-2H3,(H,26,31)(H2,25,27,28)/b29-20+. The molecule has 0 radical (unpaired) electrons. The molecule has 2 aromatic heterocycles. The van der Waals surface area contributed by atoms with Crippen LogP contribution in [0.1, 0.15) is 47.6 Å². The first kappa shape index (κ1) is 23.3. The largest absolute Gasteiger partial charge is 0.454 e. The minimum atomic E-state index is -0.114. The van der Waals surface area contributed by atoms with Crippen LogP contribution in [0.2, 0.25) is 0 Å². The summed E-state index contributed by atoms with van der Waals surface area (Å²) < 4.78 is 11.0. The van der Waals surface area contributed by atoms with Gasteiger partial charge >= 0.3 is 0 Å². The van der Waals surface area contributed by atoms with E-state index in [0.29, 0.717) is 44.6 Å². The lowest BCUT2D eigenvalue weighted by Gasteiger charge is -2.16. The molecule has 0 atom stereocenters. The number of amides is 1. The lowest BCUT2D eigenvalue weighted by atomic mass is 10.0. The number of ether oxygens (including phenoxy) is 2. The Morgan fingerprint density at radius 3 is 2.80 bits per heavy atom. The highest BCUT2D eigenvalue weighted by Gasteiger charge is 2.26. The third kappa shape index (κ3) is 5.15. The zero-order valence-electron chi connectivity index (χ0n) is 19.7. The molecule has 3 heterocycles. The Bertz CT molecular complexity index is 1270. The molecular formula is C24H28N6O4S. The number of nitrogens with two attached hydrogens (primary N) is 1. The number of nitrogen functional groups attached to an aromatic ring is 1. The van der Waals surface area contributed by atoms with E-state index in [1.165, 1.54) is 11.3 Å². The van der Waals surface area contributed by atoms with Crippen LogP contribution in [0, 0.1) is 0 Å². The van der Waals surface area contributed by atoms with Gasteiger partial charge in [-0.15, -0.1) is 11.3 Å². The van der Waals surface area contributed by atoms with Crippen molar-refractivity contribution in [1.82, 2.24) is 20.2 Å². The topological polar surface area (TPSA) is 124 Å². The summed E-state index contributed by atoms with van der Waals surface area (Å²) in [7, 11) is 0. The fourth-order valence-electron chi connectivity index (χ4n) is 3.81. The molecule has 3 N–H and O–H groups in total. The number of carbonyl (C=O) groups is 1. The van der Waals surface area contributed by atoms with Crippen LogP contribution >= 0.6 is 11.3 Å². The zero-order chi connectivity index (χ0) is 24.4. The van der Waals surface area contributed by atoms with E-state index in [2.05, 4.69) is 39.2 Å². The third-order valence-corrected chi connectivity index (χ3v) is 6.99. The van der Waals surface area contributed by atoms with Crippen LogP contribution in [0.15, 0.2) is 29.4 Å². The molecule has 1 aromatic carbocycles. The molecule has 0 bridgehead atoms. The van der Waals surface area contributed by atoms with Crippen molar-refractivity contribution in [3.8, 4) is 11.5 Å². The number of hydrogen-bond acceptors (Lipinski definition) is 10. The molecule has 0 spiro atoms. The molecule has 1 amide bonds. The van der Waals surface area contributed by atoms with E-state index in [9.17, 15) is 4.79 Å². The number of rotatable bonds is 10. The fourth-order valence-corrected chi connectivity index (χ4v) is 4.75. The van der Waals surface area contributed by atoms with Crippen LogP contribution in [0.4, 0.5) is 5.95 Å². The highest BCUT2D eigenvalue weighted by Crippen LogP contribution is 2.35. The Morgan fingerprint density at radius 1 is 1.23 bits per heavy atom. The van der Waals surface area contributed by atoms with E-state index in [-0.39, 0.29) is 24.7 Å². The number of nitrogens with zero attached hydrogens (tertiary/aromatic N) is 4. The molecule has 0 unspecified atom stereocenters. The number of nitrogens with one attached hydrogen (secondary N) is 1. The van der Waals surface area contributed by atoms with E-state index in [0.717, 1.165) is 38.0 Å². The van der Waals surface area contributed by atoms with E-state index in [4.69, 9.17) is 20.0 Å². The summed E-state index contributed by atoms with van der Waals surface area (Å²) in [6, 6.07) is 7.59. The van der Waals surface area contributed by atoms with Crippen molar-refractivity contribution in [2.45, 2.75) is 32.7 Å². The molecule has 3 aromatic rings. The molecule has 1 saturated carbocycles. The number of anilines is 1. The summed E-state index contributed by atoms with van der Waals surface area (Å²) in [6.45, 7) is 7.41. The SMILES string of the molecule is CCN(CC)CCO/N=C(\c1ccc2c(c1)OCO2)c1nc(N)nc2sc(C(=O)NC3CC3)cc12. The molecule has 0 saturated heterocycles. The Labute approximate surface area is 207 Å². The molecule has 2 aliphatic rings. The lowest BCUT2D eigenvalue weighted by molar-refractivity contribution is 0.0955. The molecule has 184 valence electrons. The van der Waals surface area contributed by atoms with Crippen LogP contribution in [0.3, 0.4) is 0 Å². The van der Waals surface area contributed by atoms with E-state index >= 15 is 0 Å². The summed E-state index contributed by atoms with van der Waals surface area (Å²) in [5, 5.41) is 8.19. The number of carbonyl (C=O) groups excluding carboxylic acids is 1. The van der Waals surface area contributed by atoms with Gasteiger partial charge in [0.1, 0.15) is 22.8 Å². The van der Waals surface area contributed by atoms with Crippen LogP contribution in [0.5, 0.6) is 11.5 Å². The number of hydrogen-bond donors (Lipinski definition) is 2. The average molecular weight is 497 g/mol. The first-order valence-corrected chi connectivity index (χ1v) is 12.6. The van der Waals surface area contributed by atoms with Gasteiger partial charge in [0.25, 0.3) is 5.91 Å². The van der Waals surface area contributed by atoms with Gasteiger partial charge in [-0.25, -0.2) is 9.97 Å². The van der Waals surface area contributed by atoms with Crippen LogP contribution in [0.25, 0.3) is 10.2 Å². The average Bonchev–Trinajstić information content (AvgIpc) is 3.37. The summed E-state index contributed by atoms with van der Waals surface area (Å²) >= 11 is 1.28. The van der Waals surface area contributed by atoms with Crippen molar-refractivity contribution in [3.05, 3.63) is 40.4 Å². The Balaban J connectivity index is 1.53. The second-order valence-electron chi connectivity index (χ2n) is 8.38. The van der Waals surface area contributed by atoms with Gasteiger partial charge in [0.2, 0.25) is 12.7 Å². The van der Waals surface area contributed by atoms with E-state index in [1.807, 2.05) is 18.2 Å². The molecule has 1 aliphatic heterocycles. The lowest BCUT2D eigenvalue weighted by Crippen LogP contribution is -2.26. The van der Waals surface area contributed by atoms with E-state index < -0.39 is 0 Å². The Hall–Kier alpha value is -3.44. The third-order valence-electron chi connectivity index (χ3n) is 5.97. The number of oxime groups is 1. The number of benzene rings is 1. The molecular weight excluding hydrogens is 468 g/mol. The zero-order valence-corrected chi connectivity index (χ0v) is 20.6. The number of thiophene rings is 1. The molecule has 10 nitrogen and oxygen atoms in total. The fraction of sp³-hybridized carbons (Fsp3) is 0.417. The van der Waals surface area contributed by atoms with Crippen molar-refractivity contribution in [1.29, 1.82) is 0 Å². The van der Waals surface area contributed by atoms with Gasteiger partial charge in [-0.05, 0) is 50.2 Å². The Morgan fingerprint density at radius 2 is 2.03 bits per heavy atom. The monoisotopic (exact) mass is 496 g/mol. The minimum absolute atomic E-state index is 0.0973. The van der Waals surface area contributed by atoms with Gasteiger partial charge in [0, 0.05) is 23.5 Å². The predicted molar refractivity (Wildman–Crippen MR) is 134 cm³/mol. The van der Waals surface area contributed by atoms with Crippen LogP contribution in [-0.4, -0.2) is 65.6 Å². The van der Waals surface area contributed by atoms with E-state index in [1.54, 1.807) is 6.07 Å². The minimum Gasteiger partial charge on any atom is -0.454 e. The van der Waals surface area contributed by atoms with Crippen molar-refractivity contribution in [3.63, 3.8) is 0 Å². The first-order valence-electron chi connectivity index (χ1n) is 11.8. The molecule has 11 heteroatoms. The van der Waals surface area contributed by atoms with Gasteiger partial charge in [-0.3, -0.25) is 4.79 Å². The highest BCUT2D eigenvalue weighted by atomic mass is 32.1. The molecule has 5 rings (SSSR count). The van der Waals surface area contributed by atoms with Crippen molar-refractivity contribution < 1.29 is 19.1 Å².